The zero-order chi connectivity index (χ0) is 20.8. The minimum absolute atomic E-state index is 0.0387. The van der Waals surface area contributed by atoms with E-state index in [1.165, 1.54) is 0 Å². The summed E-state index contributed by atoms with van der Waals surface area (Å²) in [5, 5.41) is 7.14. The van der Waals surface area contributed by atoms with Crippen LogP contribution in [0.4, 0.5) is 17.5 Å². The Morgan fingerprint density at radius 2 is 2.00 bits per heavy atom. The van der Waals surface area contributed by atoms with Crippen LogP contribution >= 0.6 is 0 Å². The highest BCUT2D eigenvalue weighted by Gasteiger charge is 2.23. The SMILES string of the molecule is CN1CCc2cc(Nc3ncc(-c4nc(C(C)(C)C)no4)c(N)n3)ccc2C1=O. The average molecular weight is 393 g/mol. The van der Waals surface area contributed by atoms with Crippen molar-refractivity contribution >= 4 is 23.4 Å². The number of rotatable bonds is 3. The number of carbonyl (C=O) groups is 1. The third-order valence-electron chi connectivity index (χ3n) is 4.80. The van der Waals surface area contributed by atoms with Gasteiger partial charge >= 0.3 is 0 Å². The molecule has 1 amide bonds. The molecule has 0 spiro atoms. The Balaban J connectivity index is 1.56. The zero-order valence-corrected chi connectivity index (χ0v) is 16.9. The highest BCUT2D eigenvalue weighted by Crippen LogP contribution is 2.28. The van der Waals surface area contributed by atoms with Gasteiger partial charge < -0.3 is 20.5 Å². The maximum absolute atomic E-state index is 12.2. The van der Waals surface area contributed by atoms with Gasteiger partial charge in [-0.3, -0.25) is 4.79 Å². The zero-order valence-electron chi connectivity index (χ0n) is 16.9. The number of nitrogen functional groups attached to an aromatic ring is 1. The van der Waals surface area contributed by atoms with E-state index in [0.29, 0.717) is 23.9 Å². The topological polar surface area (TPSA) is 123 Å². The summed E-state index contributed by atoms with van der Waals surface area (Å²) in [5.41, 5.74) is 8.87. The van der Waals surface area contributed by atoms with Gasteiger partial charge in [0.2, 0.25) is 5.95 Å². The highest BCUT2D eigenvalue weighted by molar-refractivity contribution is 5.97. The van der Waals surface area contributed by atoms with Gasteiger partial charge in [0, 0.05) is 36.5 Å². The van der Waals surface area contributed by atoms with E-state index in [1.807, 2.05) is 46.0 Å². The van der Waals surface area contributed by atoms with Crippen molar-refractivity contribution in [1.82, 2.24) is 25.0 Å². The number of amides is 1. The molecule has 0 aliphatic carbocycles. The summed E-state index contributed by atoms with van der Waals surface area (Å²) in [6, 6.07) is 5.60. The van der Waals surface area contributed by atoms with Gasteiger partial charge in [-0.1, -0.05) is 25.9 Å². The van der Waals surface area contributed by atoms with Crippen LogP contribution in [0.3, 0.4) is 0 Å². The lowest BCUT2D eigenvalue weighted by Gasteiger charge is -2.25. The Kier molecular flexibility index (Phi) is 4.45. The maximum Gasteiger partial charge on any atom is 0.263 e. The first-order valence-electron chi connectivity index (χ1n) is 9.35. The quantitative estimate of drug-likeness (QED) is 0.696. The molecule has 9 nitrogen and oxygen atoms in total. The number of likely N-dealkylation sites (N-methyl/N-ethyl adjacent to an activating group) is 1. The second-order valence-electron chi connectivity index (χ2n) is 8.14. The van der Waals surface area contributed by atoms with Crippen molar-refractivity contribution < 1.29 is 9.32 Å². The molecule has 0 saturated heterocycles. The molecule has 4 rings (SSSR count). The van der Waals surface area contributed by atoms with Crippen molar-refractivity contribution in [2.45, 2.75) is 32.6 Å². The largest absolute Gasteiger partial charge is 0.383 e. The normalized spacial score (nSPS) is 14.1. The van der Waals surface area contributed by atoms with Gasteiger partial charge in [0.15, 0.2) is 5.82 Å². The molecule has 0 radical (unpaired) electrons. The lowest BCUT2D eigenvalue weighted by Crippen LogP contribution is -2.34. The number of nitrogens with one attached hydrogen (secondary N) is 1. The van der Waals surface area contributed by atoms with Crippen LogP contribution < -0.4 is 11.1 Å². The number of hydrogen-bond acceptors (Lipinski definition) is 8. The summed E-state index contributed by atoms with van der Waals surface area (Å²) in [6.07, 6.45) is 2.36. The fourth-order valence-corrected chi connectivity index (χ4v) is 3.07. The molecule has 0 saturated carbocycles. The summed E-state index contributed by atoms with van der Waals surface area (Å²) in [4.78, 5) is 27.0. The van der Waals surface area contributed by atoms with Gasteiger partial charge in [0.1, 0.15) is 11.4 Å². The Bertz CT molecular complexity index is 1080. The number of hydrogen-bond donors (Lipinski definition) is 2. The van der Waals surface area contributed by atoms with Crippen molar-refractivity contribution in [3.63, 3.8) is 0 Å². The average Bonchev–Trinajstić information content (AvgIpc) is 3.15. The predicted molar refractivity (Wildman–Crippen MR) is 109 cm³/mol. The summed E-state index contributed by atoms with van der Waals surface area (Å²) < 4.78 is 5.32. The van der Waals surface area contributed by atoms with Crippen LogP contribution in [-0.2, 0) is 11.8 Å². The molecule has 1 aliphatic rings. The molecule has 0 fully saturated rings. The van der Waals surface area contributed by atoms with E-state index >= 15 is 0 Å². The number of fused-ring (bicyclic) bond motifs is 1. The van der Waals surface area contributed by atoms with E-state index < -0.39 is 0 Å². The highest BCUT2D eigenvalue weighted by atomic mass is 16.5. The third kappa shape index (κ3) is 3.63. The molecule has 150 valence electrons. The Morgan fingerprint density at radius 1 is 1.21 bits per heavy atom. The van der Waals surface area contributed by atoms with Crippen LogP contribution in [0.15, 0.2) is 28.9 Å². The molecule has 9 heteroatoms. The molecule has 29 heavy (non-hydrogen) atoms. The van der Waals surface area contributed by atoms with E-state index in [0.717, 1.165) is 23.2 Å². The molecule has 3 heterocycles. The molecule has 0 atom stereocenters. The number of benzene rings is 1. The smallest absolute Gasteiger partial charge is 0.263 e. The van der Waals surface area contributed by atoms with Gasteiger partial charge in [0.25, 0.3) is 11.8 Å². The maximum atomic E-state index is 12.2. The first-order chi connectivity index (χ1) is 13.7. The summed E-state index contributed by atoms with van der Waals surface area (Å²) >= 11 is 0. The Labute approximate surface area is 168 Å². The molecule has 2 aromatic heterocycles. The second-order valence-corrected chi connectivity index (χ2v) is 8.14. The lowest BCUT2D eigenvalue weighted by molar-refractivity contribution is 0.0781. The predicted octanol–water partition coefficient (Wildman–Crippen LogP) is 2.78. The van der Waals surface area contributed by atoms with Crippen molar-refractivity contribution in [2.75, 3.05) is 24.6 Å². The summed E-state index contributed by atoms with van der Waals surface area (Å²) in [7, 11) is 1.81. The molecule has 1 aliphatic heterocycles. The van der Waals surface area contributed by atoms with Crippen molar-refractivity contribution in [1.29, 1.82) is 0 Å². The van der Waals surface area contributed by atoms with Gasteiger partial charge in [-0.2, -0.15) is 9.97 Å². The van der Waals surface area contributed by atoms with Crippen LogP contribution in [0.25, 0.3) is 11.5 Å². The molecular weight excluding hydrogens is 370 g/mol. The standard InChI is InChI=1S/C20H23N7O2/c1-20(2,3)18-25-16(29-26-18)14-10-22-19(24-15(14)21)23-12-5-6-13-11(9-12)7-8-27(4)17(13)28/h5-6,9-10H,7-8H2,1-4H3,(H3,21,22,23,24). The monoisotopic (exact) mass is 393 g/mol. The summed E-state index contributed by atoms with van der Waals surface area (Å²) in [5.74, 6) is 1.50. The van der Waals surface area contributed by atoms with Crippen LogP contribution in [0, 0.1) is 0 Å². The molecule has 1 aromatic carbocycles. The first-order valence-corrected chi connectivity index (χ1v) is 9.35. The molecular formula is C20H23N7O2. The van der Waals surface area contributed by atoms with Crippen molar-refractivity contribution in [3.05, 3.63) is 41.3 Å². The number of carbonyl (C=O) groups excluding carboxylic acids is 1. The van der Waals surface area contributed by atoms with E-state index in [-0.39, 0.29) is 23.0 Å². The van der Waals surface area contributed by atoms with Gasteiger partial charge in [0.05, 0.1) is 0 Å². The number of nitrogens with zero attached hydrogens (tertiary/aromatic N) is 5. The fraction of sp³-hybridized carbons (Fsp3) is 0.350. The lowest BCUT2D eigenvalue weighted by atomic mass is 9.96. The van der Waals surface area contributed by atoms with Crippen LogP contribution in [0.5, 0.6) is 0 Å². The Morgan fingerprint density at radius 3 is 2.69 bits per heavy atom. The van der Waals surface area contributed by atoms with E-state index in [9.17, 15) is 4.79 Å². The van der Waals surface area contributed by atoms with E-state index in [1.54, 1.807) is 11.1 Å². The molecule has 0 unspecified atom stereocenters. The van der Waals surface area contributed by atoms with Gasteiger partial charge in [-0.05, 0) is 30.2 Å². The van der Waals surface area contributed by atoms with Gasteiger partial charge in [-0.25, -0.2) is 4.98 Å². The minimum Gasteiger partial charge on any atom is -0.383 e. The molecule has 3 aromatic rings. The number of nitrogens with two attached hydrogens (primary N) is 1. The molecule has 0 bridgehead atoms. The summed E-state index contributed by atoms with van der Waals surface area (Å²) in [6.45, 7) is 6.70. The second kappa shape index (κ2) is 6.84. The van der Waals surface area contributed by atoms with Crippen LogP contribution in [0.2, 0.25) is 0 Å². The number of anilines is 3. The fourth-order valence-electron chi connectivity index (χ4n) is 3.07. The van der Waals surface area contributed by atoms with Crippen molar-refractivity contribution in [3.8, 4) is 11.5 Å². The number of aromatic nitrogens is 4. The van der Waals surface area contributed by atoms with Crippen LogP contribution in [0.1, 0.15) is 42.5 Å². The first kappa shape index (κ1) is 18.9. The molecule has 3 N–H and O–H groups in total. The third-order valence-corrected chi connectivity index (χ3v) is 4.80. The minimum atomic E-state index is -0.235. The van der Waals surface area contributed by atoms with E-state index in [4.69, 9.17) is 10.3 Å². The van der Waals surface area contributed by atoms with Gasteiger partial charge in [-0.15, -0.1) is 0 Å². The van der Waals surface area contributed by atoms with Crippen molar-refractivity contribution in [2.24, 2.45) is 0 Å². The van der Waals surface area contributed by atoms with E-state index in [2.05, 4.69) is 25.4 Å². The van der Waals surface area contributed by atoms with Crippen LogP contribution in [-0.4, -0.2) is 44.5 Å². The Hall–Kier alpha value is -3.49.